The van der Waals surface area contributed by atoms with E-state index < -0.39 is 112 Å². The van der Waals surface area contributed by atoms with E-state index in [-0.39, 0.29) is 77.1 Å². The first-order valence-corrected chi connectivity index (χ1v) is 29.0. The Morgan fingerprint density at radius 2 is 0.850 bits per heavy atom. The quantitative estimate of drug-likeness (QED) is 0.0107. The molecule has 0 aliphatic heterocycles. The number of rotatable bonds is 34. The van der Waals surface area contributed by atoms with Gasteiger partial charge in [-0.1, -0.05) is 119 Å². The van der Waals surface area contributed by atoms with E-state index in [9.17, 15) is 57.6 Å². The number of carbonyl (C=O) groups excluding carboxylic acids is 7. The van der Waals surface area contributed by atoms with Gasteiger partial charge in [-0.2, -0.15) is 0 Å². The highest BCUT2D eigenvalue weighted by Crippen LogP contribution is 2.74. The molecule has 444 valence electrons. The lowest BCUT2D eigenvalue weighted by atomic mass is 9.88. The number of carbonyl (C=O) groups is 7. The SMILES string of the molecule is CC(C)[C@H](NC(=O)OCc1ccccc1)C(=O)OCCCC(C)(C)C(=O)OCOP(=O)(OCOC(=O)C(C)(C)CCCOC(=O)[C@@H](NC(=O)OCc1ccccc1)C(C)C)C(O)(CCCNC(=O)OCc1ccccc1)P(=O)(O)O. The highest BCUT2D eigenvalue weighted by atomic mass is 31.2. The van der Waals surface area contributed by atoms with Crippen molar-refractivity contribution >= 4 is 57.3 Å². The minimum absolute atomic E-state index is 0.0230. The van der Waals surface area contributed by atoms with E-state index in [2.05, 4.69) is 16.0 Å². The average Bonchev–Trinajstić information content (AvgIpc) is 3.41. The van der Waals surface area contributed by atoms with Crippen molar-refractivity contribution in [3.8, 4) is 0 Å². The van der Waals surface area contributed by atoms with Crippen LogP contribution in [0.25, 0.3) is 0 Å². The standard InChI is InChI=1S/C54H77N3O21P2/c1-38(2)43(56-50(63)73-34-41-23-14-10-15-24-41)45(58)70-31-19-27-52(5,6)47(60)75-36-77-80(69,54(65,79(66,67)68)29-18-30-55-49(62)72-33-40-21-12-9-13-22-40)78-37-76-48(61)53(7,8)28-20-32-71-46(59)44(39(3)4)57-51(64)74-35-42-25-16-11-17-26-42/h9-17,21-26,38-39,43-44,65H,18-20,27-37H2,1-8H3,(H,55,62)(H,56,63)(H,57,64)(H2,66,67,68)/t43-,44-,54?/m0/s1. The van der Waals surface area contributed by atoms with Crippen molar-refractivity contribution in [1.29, 1.82) is 0 Å². The number of benzene rings is 3. The van der Waals surface area contributed by atoms with Gasteiger partial charge in [-0.05, 0) is 88.3 Å². The minimum Gasteiger partial charge on any atom is -0.464 e. The lowest BCUT2D eigenvalue weighted by Crippen LogP contribution is -2.45. The minimum atomic E-state index is -5.97. The smallest absolute Gasteiger partial charge is 0.408 e. The largest absolute Gasteiger partial charge is 0.464 e. The van der Waals surface area contributed by atoms with Gasteiger partial charge in [0.15, 0.2) is 0 Å². The predicted octanol–water partition coefficient (Wildman–Crippen LogP) is 8.35. The van der Waals surface area contributed by atoms with Crippen LogP contribution in [0.2, 0.25) is 0 Å². The molecule has 3 aromatic carbocycles. The van der Waals surface area contributed by atoms with Crippen LogP contribution in [0.5, 0.6) is 0 Å². The van der Waals surface area contributed by atoms with E-state index in [4.69, 9.17) is 42.2 Å². The zero-order valence-electron chi connectivity index (χ0n) is 46.5. The first kappa shape index (κ1) is 67.9. The normalized spacial score (nSPS) is 13.4. The first-order chi connectivity index (χ1) is 37.6. The molecule has 26 heteroatoms. The Hall–Kier alpha value is -6.39. The van der Waals surface area contributed by atoms with E-state index in [1.54, 1.807) is 107 Å². The molecule has 24 nitrogen and oxygen atoms in total. The van der Waals surface area contributed by atoms with Gasteiger partial charge >= 0.3 is 57.3 Å². The van der Waals surface area contributed by atoms with Crippen molar-refractivity contribution in [3.05, 3.63) is 108 Å². The molecule has 0 aliphatic carbocycles. The van der Waals surface area contributed by atoms with Gasteiger partial charge in [0.1, 0.15) is 31.9 Å². The summed E-state index contributed by atoms with van der Waals surface area (Å²) in [4.78, 5) is 111. The van der Waals surface area contributed by atoms with Crippen molar-refractivity contribution in [2.24, 2.45) is 22.7 Å². The highest BCUT2D eigenvalue weighted by molar-refractivity contribution is 7.73. The molecular formula is C54H77N3O21P2. The molecule has 80 heavy (non-hydrogen) atoms. The molecule has 3 rings (SSSR count). The Morgan fingerprint density at radius 3 is 1.19 bits per heavy atom. The summed E-state index contributed by atoms with van der Waals surface area (Å²) in [5.41, 5.74) is -0.575. The van der Waals surface area contributed by atoms with Crippen LogP contribution in [0.1, 0.15) is 111 Å². The number of esters is 4. The Labute approximate surface area is 466 Å². The third-order valence-electron chi connectivity index (χ3n) is 12.2. The molecule has 3 atom stereocenters. The Bertz CT molecular complexity index is 2420. The average molecular weight is 1170 g/mol. The van der Waals surface area contributed by atoms with Crippen molar-refractivity contribution in [2.75, 3.05) is 33.3 Å². The molecular weight excluding hydrogens is 1090 g/mol. The van der Waals surface area contributed by atoms with Gasteiger partial charge in [-0.3, -0.25) is 27.8 Å². The lowest BCUT2D eigenvalue weighted by molar-refractivity contribution is -0.164. The molecule has 0 spiro atoms. The molecule has 0 bridgehead atoms. The van der Waals surface area contributed by atoms with E-state index in [0.29, 0.717) is 5.56 Å². The third kappa shape index (κ3) is 23.0. The second-order valence-corrected chi connectivity index (χ2v) is 24.9. The summed E-state index contributed by atoms with van der Waals surface area (Å²) in [6.45, 7) is 9.04. The number of nitrogens with one attached hydrogen (secondary N) is 3. The fourth-order valence-corrected chi connectivity index (χ4v) is 10.6. The van der Waals surface area contributed by atoms with Crippen LogP contribution in [0.15, 0.2) is 91.0 Å². The summed E-state index contributed by atoms with van der Waals surface area (Å²) in [5.74, 6) is -4.27. The lowest BCUT2D eigenvalue weighted by Gasteiger charge is -2.35. The van der Waals surface area contributed by atoms with Gasteiger partial charge in [0.05, 0.1) is 24.0 Å². The van der Waals surface area contributed by atoms with Crippen LogP contribution in [0.3, 0.4) is 0 Å². The zero-order chi connectivity index (χ0) is 59.6. The van der Waals surface area contributed by atoms with Crippen molar-refractivity contribution in [2.45, 2.75) is 131 Å². The molecule has 1 unspecified atom stereocenters. The number of aliphatic hydroxyl groups is 1. The van der Waals surface area contributed by atoms with Gasteiger partial charge in [0.25, 0.3) is 5.08 Å². The fraction of sp³-hybridized carbons (Fsp3) is 0.537. The van der Waals surface area contributed by atoms with Gasteiger partial charge in [-0.15, -0.1) is 0 Å². The van der Waals surface area contributed by atoms with Crippen LogP contribution < -0.4 is 16.0 Å². The number of hydrogen-bond acceptors (Lipinski definition) is 19. The first-order valence-electron chi connectivity index (χ1n) is 25.8. The Balaban J connectivity index is 1.62. The summed E-state index contributed by atoms with van der Waals surface area (Å²) < 4.78 is 74.9. The second kappa shape index (κ2) is 32.8. The van der Waals surface area contributed by atoms with Gasteiger partial charge < -0.3 is 64.0 Å². The number of hydrogen-bond donors (Lipinski definition) is 6. The summed E-state index contributed by atoms with van der Waals surface area (Å²) in [6.07, 6.45) is -3.87. The molecule has 0 heterocycles. The summed E-state index contributed by atoms with van der Waals surface area (Å²) in [5, 5.41) is 15.3. The molecule has 0 fully saturated rings. The maximum absolute atomic E-state index is 14.6. The van der Waals surface area contributed by atoms with E-state index in [1.165, 1.54) is 27.7 Å². The van der Waals surface area contributed by atoms with Crippen molar-refractivity contribution in [1.82, 2.24) is 16.0 Å². The van der Waals surface area contributed by atoms with Crippen LogP contribution in [0, 0.1) is 22.7 Å². The number of alkyl carbamates (subject to hydrolysis) is 3. The van der Waals surface area contributed by atoms with Crippen molar-refractivity contribution < 1.29 is 99.8 Å². The highest BCUT2D eigenvalue weighted by Gasteiger charge is 2.62. The number of amides is 3. The Morgan fingerprint density at radius 1 is 0.500 bits per heavy atom. The predicted molar refractivity (Wildman–Crippen MR) is 287 cm³/mol. The Kier molecular flexibility index (Phi) is 27.8. The van der Waals surface area contributed by atoms with Crippen LogP contribution >= 0.6 is 15.2 Å². The third-order valence-corrected chi connectivity index (χ3v) is 16.9. The van der Waals surface area contributed by atoms with E-state index in [1.807, 2.05) is 12.1 Å². The fourth-order valence-electron chi connectivity index (χ4n) is 7.20. The van der Waals surface area contributed by atoms with Crippen molar-refractivity contribution in [3.63, 3.8) is 0 Å². The van der Waals surface area contributed by atoms with Crippen LogP contribution in [-0.2, 0) is 90.3 Å². The molecule has 0 aliphatic rings. The van der Waals surface area contributed by atoms with E-state index >= 15 is 0 Å². The molecule has 0 saturated carbocycles. The monoisotopic (exact) mass is 1170 g/mol. The zero-order valence-corrected chi connectivity index (χ0v) is 48.2. The van der Waals surface area contributed by atoms with Gasteiger partial charge in [0, 0.05) is 13.0 Å². The van der Waals surface area contributed by atoms with Gasteiger partial charge in [-0.25, -0.2) is 24.0 Å². The molecule has 3 amide bonds. The van der Waals surface area contributed by atoms with Gasteiger partial charge in [0.2, 0.25) is 13.6 Å². The summed E-state index contributed by atoms with van der Waals surface area (Å²) >= 11 is 0. The molecule has 0 radical (unpaired) electrons. The van der Waals surface area contributed by atoms with Crippen LogP contribution in [0.4, 0.5) is 14.4 Å². The maximum atomic E-state index is 14.6. The van der Waals surface area contributed by atoms with E-state index in [0.717, 1.165) is 11.1 Å². The topological polar surface area (TPSA) is 333 Å². The molecule has 6 N–H and O–H groups in total. The molecule has 0 saturated heterocycles. The van der Waals surface area contributed by atoms with Crippen LogP contribution in [-0.4, -0.2) is 108 Å². The molecule has 3 aromatic rings. The number of ether oxygens (including phenoxy) is 7. The summed E-state index contributed by atoms with van der Waals surface area (Å²) in [6, 6.07) is 24.3. The summed E-state index contributed by atoms with van der Waals surface area (Å²) in [7, 11) is -11.6. The molecule has 0 aromatic heterocycles. The second-order valence-electron chi connectivity index (χ2n) is 20.4. The maximum Gasteiger partial charge on any atom is 0.408 e.